The van der Waals surface area contributed by atoms with Crippen LogP contribution in [0.4, 0.5) is 17.1 Å². The topological polar surface area (TPSA) is 94.4 Å². The van der Waals surface area contributed by atoms with Crippen molar-refractivity contribution in [1.29, 1.82) is 0 Å². The predicted octanol–water partition coefficient (Wildman–Crippen LogP) is 3.37. The van der Waals surface area contributed by atoms with Gasteiger partial charge in [0.05, 0.1) is 11.4 Å². The minimum atomic E-state index is -1.08. The highest BCUT2D eigenvalue weighted by Gasteiger charge is 2.14. The molecule has 2 N–H and O–H groups in total. The van der Waals surface area contributed by atoms with Crippen molar-refractivity contribution < 1.29 is 14.7 Å². The number of carbonyl (C=O) groups excluding carboxylic acids is 1. The number of aliphatic carboxylic acids is 1. The highest BCUT2D eigenvalue weighted by Crippen LogP contribution is 2.21. The molecule has 1 atom stereocenters. The molecule has 0 aliphatic carbocycles. The molecule has 25 heavy (non-hydrogen) atoms. The molecule has 7 nitrogen and oxygen atoms in total. The van der Waals surface area contributed by atoms with E-state index in [0.29, 0.717) is 11.3 Å². The zero-order valence-electron chi connectivity index (χ0n) is 14.3. The maximum Gasteiger partial charge on any atom is 0.325 e. The molecule has 2 aromatic carbocycles. The smallest absolute Gasteiger partial charge is 0.325 e. The molecule has 130 valence electrons. The minimum Gasteiger partial charge on any atom is -0.480 e. The molecule has 2 rings (SSSR count). The highest BCUT2D eigenvalue weighted by molar-refractivity contribution is 5.96. The maximum atomic E-state index is 11.9. The van der Waals surface area contributed by atoms with Crippen LogP contribution in [-0.2, 0) is 4.79 Å². The average molecular weight is 340 g/mol. The van der Waals surface area contributed by atoms with Crippen LogP contribution in [0.15, 0.2) is 58.8 Å². The number of nitrogens with one attached hydrogen (secondary N) is 1. The van der Waals surface area contributed by atoms with Gasteiger partial charge in [-0.3, -0.25) is 9.59 Å². The Hall–Kier alpha value is -3.22. The molecule has 0 radical (unpaired) electrons. The predicted molar refractivity (Wildman–Crippen MR) is 96.0 cm³/mol. The molecule has 7 heteroatoms. The van der Waals surface area contributed by atoms with Crippen LogP contribution in [0, 0.1) is 0 Å². The van der Waals surface area contributed by atoms with Gasteiger partial charge in [0, 0.05) is 25.3 Å². The van der Waals surface area contributed by atoms with Crippen LogP contribution in [0.2, 0.25) is 0 Å². The summed E-state index contributed by atoms with van der Waals surface area (Å²) < 4.78 is 0. The van der Waals surface area contributed by atoms with Crippen LogP contribution in [0.1, 0.15) is 17.3 Å². The number of azo groups is 1. The lowest BCUT2D eigenvalue weighted by atomic mass is 10.2. The highest BCUT2D eigenvalue weighted by atomic mass is 16.4. The first kappa shape index (κ1) is 18.1. The summed E-state index contributed by atoms with van der Waals surface area (Å²) in [5, 5.41) is 19.5. The summed E-state index contributed by atoms with van der Waals surface area (Å²) in [6.45, 7) is 1.41. The maximum absolute atomic E-state index is 11.9. The first-order chi connectivity index (χ1) is 11.9. The van der Waals surface area contributed by atoms with Crippen molar-refractivity contribution in [2.24, 2.45) is 10.2 Å². The van der Waals surface area contributed by atoms with E-state index < -0.39 is 17.9 Å². The summed E-state index contributed by atoms with van der Waals surface area (Å²) in [4.78, 5) is 24.7. The number of hydrogen-bond donors (Lipinski definition) is 2. The SMILES string of the molecule is C[C@H](NC(=O)c1ccc(N=Nc2ccc(N(C)C)cc2)cc1)C(=O)O. The molecule has 0 fully saturated rings. The third-order valence-corrected chi connectivity index (χ3v) is 3.49. The van der Waals surface area contributed by atoms with Crippen LogP contribution in [-0.4, -0.2) is 37.1 Å². The second kappa shape index (κ2) is 8.05. The first-order valence-corrected chi connectivity index (χ1v) is 7.69. The quantitative estimate of drug-likeness (QED) is 0.788. The van der Waals surface area contributed by atoms with E-state index >= 15 is 0 Å². The summed E-state index contributed by atoms with van der Waals surface area (Å²) in [6, 6.07) is 13.1. The molecule has 2 aromatic rings. The Labute approximate surface area is 146 Å². The van der Waals surface area contributed by atoms with Crippen molar-refractivity contribution in [2.75, 3.05) is 19.0 Å². The van der Waals surface area contributed by atoms with Crippen molar-refractivity contribution in [1.82, 2.24) is 5.32 Å². The second-order valence-corrected chi connectivity index (χ2v) is 5.69. The zero-order chi connectivity index (χ0) is 18.4. The van der Waals surface area contributed by atoms with Crippen molar-refractivity contribution >= 4 is 28.9 Å². The molecule has 0 heterocycles. The van der Waals surface area contributed by atoms with Gasteiger partial charge in [-0.05, 0) is 55.5 Å². The standard InChI is InChI=1S/C18H20N4O3/c1-12(18(24)25)19-17(23)13-4-6-14(7-5-13)20-21-15-8-10-16(11-9-15)22(2)3/h4-12H,1-3H3,(H,19,23)(H,24,25)/t12-/m0/s1. The third-order valence-electron chi connectivity index (χ3n) is 3.49. The lowest BCUT2D eigenvalue weighted by molar-refractivity contribution is -0.138. The van der Waals surface area contributed by atoms with Gasteiger partial charge in [0.15, 0.2) is 0 Å². The molecule has 1 amide bonds. The Morgan fingerprint density at radius 2 is 1.44 bits per heavy atom. The van der Waals surface area contributed by atoms with Gasteiger partial charge in [-0.15, -0.1) is 0 Å². The fraction of sp³-hybridized carbons (Fsp3) is 0.222. The largest absolute Gasteiger partial charge is 0.480 e. The number of carboxylic acids is 1. The fourth-order valence-corrected chi connectivity index (χ4v) is 1.95. The first-order valence-electron chi connectivity index (χ1n) is 7.69. The summed E-state index contributed by atoms with van der Waals surface area (Å²) >= 11 is 0. The monoisotopic (exact) mass is 340 g/mol. The van der Waals surface area contributed by atoms with Gasteiger partial charge < -0.3 is 15.3 Å². The molecule has 0 saturated carbocycles. The Morgan fingerprint density at radius 1 is 0.960 bits per heavy atom. The van der Waals surface area contributed by atoms with Crippen LogP contribution in [0.3, 0.4) is 0 Å². The molecule has 0 spiro atoms. The molecule has 0 aliphatic heterocycles. The molecule has 0 saturated heterocycles. The summed E-state index contributed by atoms with van der Waals surface area (Å²) in [5.74, 6) is -1.53. The normalized spacial score (nSPS) is 12.0. The van der Waals surface area contributed by atoms with Gasteiger partial charge in [0.1, 0.15) is 6.04 Å². The average Bonchev–Trinajstić information content (AvgIpc) is 2.60. The van der Waals surface area contributed by atoms with Crippen molar-refractivity contribution in [3.05, 3.63) is 54.1 Å². The molecule has 0 bridgehead atoms. The number of carboxylic acid groups (broad SMARTS) is 1. The second-order valence-electron chi connectivity index (χ2n) is 5.69. The van der Waals surface area contributed by atoms with E-state index in [1.54, 1.807) is 24.3 Å². The number of nitrogens with zero attached hydrogens (tertiary/aromatic N) is 3. The molecule has 0 aliphatic rings. The lowest BCUT2D eigenvalue weighted by Crippen LogP contribution is -2.38. The molecular weight excluding hydrogens is 320 g/mol. The van der Waals surface area contributed by atoms with Gasteiger partial charge in [-0.2, -0.15) is 10.2 Å². The van der Waals surface area contributed by atoms with Gasteiger partial charge >= 0.3 is 5.97 Å². The van der Waals surface area contributed by atoms with Crippen LogP contribution in [0.25, 0.3) is 0 Å². The van der Waals surface area contributed by atoms with Crippen molar-refractivity contribution in [2.45, 2.75) is 13.0 Å². The van der Waals surface area contributed by atoms with E-state index in [9.17, 15) is 9.59 Å². The number of hydrogen-bond acceptors (Lipinski definition) is 5. The fourth-order valence-electron chi connectivity index (χ4n) is 1.95. The Morgan fingerprint density at radius 3 is 1.88 bits per heavy atom. The van der Waals surface area contributed by atoms with E-state index in [4.69, 9.17) is 5.11 Å². The number of carbonyl (C=O) groups is 2. The zero-order valence-corrected chi connectivity index (χ0v) is 14.3. The van der Waals surface area contributed by atoms with Gasteiger partial charge in [-0.25, -0.2) is 0 Å². The summed E-state index contributed by atoms with van der Waals surface area (Å²) in [7, 11) is 3.93. The number of amides is 1. The Balaban J connectivity index is 2.02. The van der Waals surface area contributed by atoms with Crippen LogP contribution < -0.4 is 10.2 Å². The van der Waals surface area contributed by atoms with Crippen LogP contribution in [0.5, 0.6) is 0 Å². The van der Waals surface area contributed by atoms with E-state index in [1.807, 2.05) is 43.3 Å². The van der Waals surface area contributed by atoms with E-state index in [0.717, 1.165) is 11.4 Å². The third kappa shape index (κ3) is 5.13. The molecular formula is C18H20N4O3. The van der Waals surface area contributed by atoms with Crippen LogP contribution >= 0.6 is 0 Å². The summed E-state index contributed by atoms with van der Waals surface area (Å²) in [6.07, 6.45) is 0. The summed E-state index contributed by atoms with van der Waals surface area (Å²) in [5.41, 5.74) is 2.76. The lowest BCUT2D eigenvalue weighted by Gasteiger charge is -2.11. The number of rotatable bonds is 6. The minimum absolute atomic E-state index is 0.363. The van der Waals surface area contributed by atoms with Gasteiger partial charge in [0.25, 0.3) is 5.91 Å². The Kier molecular flexibility index (Phi) is 5.84. The van der Waals surface area contributed by atoms with Gasteiger partial charge in [-0.1, -0.05) is 0 Å². The van der Waals surface area contributed by atoms with Gasteiger partial charge in [0.2, 0.25) is 0 Å². The van der Waals surface area contributed by atoms with E-state index in [-0.39, 0.29) is 0 Å². The van der Waals surface area contributed by atoms with Crippen molar-refractivity contribution in [3.63, 3.8) is 0 Å². The van der Waals surface area contributed by atoms with E-state index in [2.05, 4.69) is 15.5 Å². The molecule has 0 unspecified atom stereocenters. The number of benzene rings is 2. The number of anilines is 1. The van der Waals surface area contributed by atoms with Crippen molar-refractivity contribution in [3.8, 4) is 0 Å². The van der Waals surface area contributed by atoms with E-state index in [1.165, 1.54) is 6.92 Å². The Bertz CT molecular complexity index is 768. The molecule has 0 aromatic heterocycles.